The summed E-state index contributed by atoms with van der Waals surface area (Å²) in [5.41, 5.74) is 13.5. The summed E-state index contributed by atoms with van der Waals surface area (Å²) in [7, 11) is 8.81. The van der Waals surface area contributed by atoms with Crippen LogP contribution in [-0.4, -0.2) is 91.5 Å². The van der Waals surface area contributed by atoms with Gasteiger partial charge in [0, 0.05) is 145 Å². The number of aromatic amines is 2. The number of hydrogen-bond acceptors (Lipinski definition) is 16. The predicted molar refractivity (Wildman–Crippen MR) is 430 cm³/mol. The molecular formula is C84H107F2N13O5S2. The lowest BCUT2D eigenvalue weighted by molar-refractivity contribution is 0.102. The molecule has 0 unspecified atom stereocenters. The van der Waals surface area contributed by atoms with E-state index >= 15 is 0 Å². The number of aryl methyl sites for hydroxylation is 18. The molecule has 0 bridgehead atoms. The van der Waals surface area contributed by atoms with Crippen LogP contribution < -0.4 is 14.2 Å². The zero-order valence-corrected chi connectivity index (χ0v) is 67.2. The van der Waals surface area contributed by atoms with Crippen LogP contribution in [0.25, 0.3) is 0 Å². The molecule has 2 N–H and O–H groups in total. The molecule has 14 heterocycles. The molecule has 0 atom stereocenters. The molecule has 18 nitrogen and oxygen atoms in total. The highest BCUT2D eigenvalue weighted by atomic mass is 32.1. The van der Waals surface area contributed by atoms with Gasteiger partial charge in [-0.2, -0.15) is 19.0 Å². The maximum absolute atomic E-state index is 12.2. The van der Waals surface area contributed by atoms with Crippen molar-refractivity contribution in [1.82, 2.24) is 64.4 Å². The highest BCUT2D eigenvalue weighted by Crippen LogP contribution is 2.16. The van der Waals surface area contributed by atoms with Crippen LogP contribution in [0.3, 0.4) is 0 Å². The molecule has 0 radical (unpaired) electrons. The van der Waals surface area contributed by atoms with Crippen molar-refractivity contribution in [2.75, 3.05) is 21.3 Å². The van der Waals surface area contributed by atoms with Crippen molar-refractivity contribution in [3.05, 3.63) is 343 Å². The third-order valence-electron chi connectivity index (χ3n) is 12.9. The van der Waals surface area contributed by atoms with Gasteiger partial charge in [-0.1, -0.05) is 36.4 Å². The molecule has 0 aliphatic rings. The quantitative estimate of drug-likeness (QED) is 0.124. The monoisotopic (exact) mass is 1480 g/mol. The summed E-state index contributed by atoms with van der Waals surface area (Å²) in [4.78, 5) is 43.6. The Morgan fingerprint density at radius 1 is 0.491 bits per heavy atom. The summed E-state index contributed by atoms with van der Waals surface area (Å²) < 4.78 is 47.9. The Morgan fingerprint density at radius 2 is 1.14 bits per heavy atom. The number of halogens is 2. The number of ketones is 1. The molecule has 0 saturated carbocycles. The van der Waals surface area contributed by atoms with Crippen molar-refractivity contribution >= 4 is 28.5 Å². The number of carbonyl (C=O) groups is 1. The predicted octanol–water partition coefficient (Wildman–Crippen LogP) is 20.7. The molecule has 14 aromatic rings. The van der Waals surface area contributed by atoms with Crippen LogP contribution in [0.1, 0.15) is 105 Å². The van der Waals surface area contributed by atoms with E-state index in [1.807, 2.05) is 229 Å². The van der Waals surface area contributed by atoms with Crippen LogP contribution in [0, 0.1) is 123 Å². The fourth-order valence-electron chi connectivity index (χ4n) is 7.43. The van der Waals surface area contributed by atoms with E-state index in [9.17, 15) is 13.6 Å². The van der Waals surface area contributed by atoms with Gasteiger partial charge in [0.2, 0.25) is 23.7 Å². The normalized spacial score (nSPS) is 9.17. The number of pyridine rings is 7. The number of H-pyrrole nitrogens is 2. The number of rotatable bonds is 4. The van der Waals surface area contributed by atoms with Crippen molar-refractivity contribution < 1.29 is 32.2 Å². The van der Waals surface area contributed by atoms with E-state index in [4.69, 9.17) is 18.6 Å². The summed E-state index contributed by atoms with van der Waals surface area (Å²) in [6.45, 7) is 33.3. The Labute approximate surface area is 635 Å². The van der Waals surface area contributed by atoms with Gasteiger partial charge in [-0.15, -0.1) is 22.7 Å². The molecule has 0 aliphatic heterocycles. The number of hydrogen-bond donors (Lipinski definition) is 2. The van der Waals surface area contributed by atoms with Crippen LogP contribution >= 0.6 is 22.7 Å². The van der Waals surface area contributed by atoms with E-state index in [0.29, 0.717) is 17.3 Å². The average molecular weight is 1480 g/mol. The van der Waals surface area contributed by atoms with Crippen molar-refractivity contribution in [2.45, 2.75) is 118 Å². The minimum Gasteiger partial charge on any atom is -0.496 e. The van der Waals surface area contributed by atoms with Crippen LogP contribution in [0.2, 0.25) is 0 Å². The second-order valence-electron chi connectivity index (χ2n) is 23.4. The Kier molecular flexibility index (Phi) is 49.1. The number of methoxy groups -OCH3 is 3. The largest absolute Gasteiger partial charge is 0.496 e. The van der Waals surface area contributed by atoms with Crippen LogP contribution in [0.5, 0.6) is 17.5 Å². The molecule has 0 spiro atoms. The highest BCUT2D eigenvalue weighted by molar-refractivity contribution is 7.14. The number of ether oxygens (including phenoxy) is 3. The van der Waals surface area contributed by atoms with Crippen molar-refractivity contribution in [3.8, 4) is 17.5 Å². The fourth-order valence-corrected chi connectivity index (χ4v) is 8.88. The van der Waals surface area contributed by atoms with Gasteiger partial charge in [0.15, 0.2) is 5.78 Å². The summed E-state index contributed by atoms with van der Waals surface area (Å²) in [6, 6.07) is 39.7. The van der Waals surface area contributed by atoms with Gasteiger partial charge in [0.1, 0.15) is 17.3 Å². The van der Waals surface area contributed by atoms with Gasteiger partial charge in [0.25, 0.3) is 0 Å². The number of nitrogens with zero attached hydrogens (tertiary/aromatic N) is 11. The van der Waals surface area contributed by atoms with E-state index in [1.54, 1.807) is 124 Å². The molecule has 0 aliphatic carbocycles. The molecule has 564 valence electrons. The lowest BCUT2D eigenvalue weighted by atomic mass is 10.3. The van der Waals surface area contributed by atoms with E-state index in [1.165, 1.54) is 61.6 Å². The standard InChI is InChI=1S/3C7H9NO.C7H8OS.2C6H6FN.C6H9N.2C6H7N.C6H8O.C6H8S.C5H8N2.C5H7N.C4H6N2/c1-6-5-8-4-3-7(6)9-2;1-6-3-4-7(9-2)8-5-6;1-6-4-3-5-8-7(6)9-2;1-5-3-4-7(9-5)6(2)8;1-5-2-3-6(7)8-4-5;1-5-3-2-4-8-6(5)7;1-6-3-4-7(2)5-6;1-6-3-2-4-7-5-6;1-6-4-2-3-5-7-6;1-5-3-4-6(2)7-5;1-5-3-6(2)7-4-5;1-5-3-6-7(2)4-5;1-5-2-3-6-4-5;1-4-2-5-6-3-4/h3*3-5H,1-2H3;3-4H,1-2H3;2*2-4H,1H3;3-5H,1-2H3;2*2-5H,1H3;3*3-4H,1-2H3;2-4,6H,1H3;2-3H,1H3,(H,5,6). The topological polar surface area (TPSA) is 215 Å². The molecule has 106 heavy (non-hydrogen) atoms. The van der Waals surface area contributed by atoms with E-state index in [-0.39, 0.29) is 11.7 Å². The first-order valence-corrected chi connectivity index (χ1v) is 35.2. The molecular weight excluding hydrogens is 1370 g/mol. The Balaban J connectivity index is 0.000000572. The van der Waals surface area contributed by atoms with Gasteiger partial charge in [-0.3, -0.25) is 29.5 Å². The van der Waals surface area contributed by atoms with E-state index in [0.717, 1.165) is 50.1 Å². The fraction of sp³-hybridized carbons (Fsp3) is 0.262. The molecule has 0 aromatic carbocycles. The van der Waals surface area contributed by atoms with Crippen LogP contribution in [-0.2, 0) is 14.1 Å². The molecule has 22 heteroatoms. The van der Waals surface area contributed by atoms with Gasteiger partial charge in [0.05, 0.1) is 38.6 Å². The second kappa shape index (κ2) is 56.1. The van der Waals surface area contributed by atoms with Gasteiger partial charge < -0.3 is 28.2 Å². The summed E-state index contributed by atoms with van der Waals surface area (Å²) in [6.07, 6.45) is 30.7. The van der Waals surface area contributed by atoms with Crippen molar-refractivity contribution in [1.29, 1.82) is 0 Å². The van der Waals surface area contributed by atoms with Crippen LogP contribution in [0.4, 0.5) is 8.78 Å². The summed E-state index contributed by atoms with van der Waals surface area (Å²) in [5, 5.41) is 12.5. The average Bonchev–Trinajstić information content (AvgIpc) is 1.54. The number of thiophene rings is 2. The number of aromatic nitrogens is 13. The van der Waals surface area contributed by atoms with Gasteiger partial charge >= 0.3 is 0 Å². The Bertz CT molecular complexity index is 4050. The lowest BCUT2D eigenvalue weighted by Gasteiger charge is -2.00. The third-order valence-corrected chi connectivity index (χ3v) is 15.0. The maximum atomic E-state index is 12.2. The highest BCUT2D eigenvalue weighted by Gasteiger charge is 2.00. The summed E-state index contributed by atoms with van der Waals surface area (Å²) in [5.74, 6) is 3.59. The van der Waals surface area contributed by atoms with Gasteiger partial charge in [-0.25, -0.2) is 19.9 Å². The Hall–Kier alpha value is -11.4. The first kappa shape index (κ1) is 92.7. The molecule has 0 fully saturated rings. The molecule has 0 saturated heterocycles. The lowest BCUT2D eigenvalue weighted by Crippen LogP contribution is -1.88. The van der Waals surface area contributed by atoms with Crippen LogP contribution in [0.15, 0.2) is 243 Å². The third kappa shape index (κ3) is 48.5. The van der Waals surface area contributed by atoms with E-state index in [2.05, 4.69) is 107 Å². The smallest absolute Gasteiger partial charge is 0.215 e. The number of Topliss-reactive ketones (excluding diaryl/α,β-unsaturated/α-hetero) is 1. The van der Waals surface area contributed by atoms with Crippen molar-refractivity contribution in [2.24, 2.45) is 14.1 Å². The number of carbonyl (C=O) groups excluding carboxylic acids is 1. The molecule has 0 amide bonds. The zero-order chi connectivity index (χ0) is 79.0. The number of nitrogens with one attached hydrogen (secondary N) is 2. The minimum absolute atomic E-state index is 0.160. The van der Waals surface area contributed by atoms with E-state index < -0.39 is 5.95 Å². The number of furan rings is 1. The summed E-state index contributed by atoms with van der Waals surface area (Å²) >= 11 is 3.35. The molecule has 14 aromatic heterocycles. The second-order valence-corrected chi connectivity index (χ2v) is 25.8. The SMILES string of the molecule is CC(=O)c1ccc(C)s1.COc1ccc(C)cn1.COc1ccncc1C.COc1ncccc1C.Cc1cc[nH]c1.Cc1ccc(C)o1.Cc1ccc(F)nc1.Cc1ccccn1.Cc1cccnc1.Cc1cccnc1F.Cc1ccn(C)c1.Cc1cn[nH]c1.Cc1cnn(C)c1.Cc1csc(C)c1. The zero-order valence-electron chi connectivity index (χ0n) is 65.5. The minimum atomic E-state index is -0.421. The Morgan fingerprint density at radius 3 is 1.41 bits per heavy atom. The molecule has 14 rings (SSSR count). The first-order chi connectivity index (χ1) is 50.5. The first-order valence-electron chi connectivity index (χ1n) is 33.5. The van der Waals surface area contributed by atoms with Gasteiger partial charge in [-0.05, 0) is 253 Å². The van der Waals surface area contributed by atoms with Crippen molar-refractivity contribution in [3.63, 3.8) is 0 Å². The maximum Gasteiger partial charge on any atom is 0.215 e.